The van der Waals surface area contributed by atoms with Crippen LogP contribution in [0, 0.1) is 0 Å². The molecule has 0 aliphatic carbocycles. The highest BCUT2D eigenvalue weighted by Gasteiger charge is 2.29. The van der Waals surface area contributed by atoms with E-state index in [1.165, 1.54) is 0 Å². The average Bonchev–Trinajstić information content (AvgIpc) is 2.29. The number of carbonyl (C=O) groups is 1. The van der Waals surface area contributed by atoms with Gasteiger partial charge in [-0.25, -0.2) is 13.2 Å². The van der Waals surface area contributed by atoms with E-state index < -0.39 is 9.84 Å². The van der Waals surface area contributed by atoms with Gasteiger partial charge >= 0.3 is 6.03 Å². The standard InChI is InChI=1S/C10H19N3O3S/c1-11-2-4-12(5-3-11)10(14)13-6-8-17(15,16)9-7-13/h2-9H2,1H3. The van der Waals surface area contributed by atoms with E-state index in [1.807, 2.05) is 11.9 Å². The molecule has 0 unspecified atom stereocenters. The van der Waals surface area contributed by atoms with Crippen molar-refractivity contribution >= 4 is 15.9 Å². The summed E-state index contributed by atoms with van der Waals surface area (Å²) in [5.41, 5.74) is 0. The topological polar surface area (TPSA) is 60.9 Å². The molecule has 0 bridgehead atoms. The predicted octanol–water partition coefficient (Wildman–Crippen LogP) is -0.916. The van der Waals surface area contributed by atoms with E-state index in [0.29, 0.717) is 13.1 Å². The van der Waals surface area contributed by atoms with Crippen LogP contribution in [0.3, 0.4) is 0 Å². The third-order valence-electron chi connectivity index (χ3n) is 3.39. The van der Waals surface area contributed by atoms with Gasteiger partial charge in [0, 0.05) is 39.3 Å². The van der Waals surface area contributed by atoms with Crippen LogP contribution in [0.2, 0.25) is 0 Å². The van der Waals surface area contributed by atoms with Crippen LogP contribution in [-0.2, 0) is 9.84 Å². The van der Waals surface area contributed by atoms with E-state index in [9.17, 15) is 13.2 Å². The Bertz CT molecular complexity index is 374. The maximum Gasteiger partial charge on any atom is 0.320 e. The Balaban J connectivity index is 1.88. The van der Waals surface area contributed by atoms with Crippen LogP contribution in [0.5, 0.6) is 0 Å². The second-order valence-electron chi connectivity index (χ2n) is 4.71. The van der Waals surface area contributed by atoms with E-state index in [0.717, 1.165) is 26.2 Å². The molecular weight excluding hydrogens is 242 g/mol. The molecule has 6 nitrogen and oxygen atoms in total. The van der Waals surface area contributed by atoms with Gasteiger partial charge in [-0.15, -0.1) is 0 Å². The van der Waals surface area contributed by atoms with Gasteiger partial charge in [-0.05, 0) is 7.05 Å². The van der Waals surface area contributed by atoms with Gasteiger partial charge in [0.15, 0.2) is 9.84 Å². The summed E-state index contributed by atoms with van der Waals surface area (Å²) in [5.74, 6) is 0.207. The lowest BCUT2D eigenvalue weighted by atomic mass is 10.3. The molecule has 0 saturated carbocycles. The zero-order chi connectivity index (χ0) is 12.5. The summed E-state index contributed by atoms with van der Waals surface area (Å²) in [5, 5.41) is 0. The van der Waals surface area contributed by atoms with Crippen LogP contribution in [0.25, 0.3) is 0 Å². The molecular formula is C10H19N3O3S. The summed E-state index contributed by atoms with van der Waals surface area (Å²) < 4.78 is 22.6. The molecule has 2 aliphatic heterocycles. The van der Waals surface area contributed by atoms with Gasteiger partial charge in [0.1, 0.15) is 0 Å². The first-order chi connectivity index (χ1) is 7.98. The molecule has 2 heterocycles. The number of piperazine rings is 1. The van der Waals surface area contributed by atoms with Crippen LogP contribution in [0.15, 0.2) is 0 Å². The molecule has 7 heteroatoms. The summed E-state index contributed by atoms with van der Waals surface area (Å²) in [4.78, 5) is 17.8. The Labute approximate surface area is 102 Å². The van der Waals surface area contributed by atoms with E-state index in [4.69, 9.17) is 0 Å². The maximum atomic E-state index is 12.1. The summed E-state index contributed by atoms with van der Waals surface area (Å²) in [6.45, 7) is 3.92. The molecule has 0 spiro atoms. The number of likely N-dealkylation sites (N-methyl/N-ethyl adjacent to an activating group) is 1. The molecule has 0 atom stereocenters. The molecule has 0 aromatic carbocycles. The minimum atomic E-state index is -2.91. The number of sulfone groups is 1. The lowest BCUT2D eigenvalue weighted by molar-refractivity contribution is 0.125. The fourth-order valence-electron chi connectivity index (χ4n) is 2.10. The monoisotopic (exact) mass is 261 g/mol. The fraction of sp³-hybridized carbons (Fsp3) is 0.900. The predicted molar refractivity (Wildman–Crippen MR) is 64.7 cm³/mol. The van der Waals surface area contributed by atoms with Crippen molar-refractivity contribution in [3.8, 4) is 0 Å². The first kappa shape index (κ1) is 12.6. The van der Waals surface area contributed by atoms with E-state index in [-0.39, 0.29) is 17.5 Å². The Morgan fingerprint density at radius 1 is 0.882 bits per heavy atom. The third kappa shape index (κ3) is 3.10. The second-order valence-corrected chi connectivity index (χ2v) is 7.02. The van der Waals surface area contributed by atoms with Crippen LogP contribution in [-0.4, -0.2) is 87.0 Å². The number of amides is 2. The van der Waals surface area contributed by atoms with Gasteiger partial charge < -0.3 is 14.7 Å². The van der Waals surface area contributed by atoms with Crippen molar-refractivity contribution in [1.82, 2.24) is 14.7 Å². The number of urea groups is 1. The zero-order valence-electron chi connectivity index (χ0n) is 10.1. The van der Waals surface area contributed by atoms with E-state index in [1.54, 1.807) is 4.90 Å². The molecule has 98 valence electrons. The third-order valence-corrected chi connectivity index (χ3v) is 5.00. The molecule has 0 radical (unpaired) electrons. The SMILES string of the molecule is CN1CCN(C(=O)N2CCS(=O)(=O)CC2)CC1. The van der Waals surface area contributed by atoms with Crippen molar-refractivity contribution in [2.45, 2.75) is 0 Å². The number of rotatable bonds is 0. The van der Waals surface area contributed by atoms with Crippen molar-refractivity contribution < 1.29 is 13.2 Å². The van der Waals surface area contributed by atoms with Crippen LogP contribution in [0.1, 0.15) is 0 Å². The van der Waals surface area contributed by atoms with E-state index in [2.05, 4.69) is 4.90 Å². The molecule has 2 aliphatic rings. The van der Waals surface area contributed by atoms with Gasteiger partial charge in [-0.1, -0.05) is 0 Å². The largest absolute Gasteiger partial charge is 0.323 e. The van der Waals surface area contributed by atoms with Crippen LogP contribution < -0.4 is 0 Å². The van der Waals surface area contributed by atoms with Crippen LogP contribution in [0.4, 0.5) is 4.79 Å². The lowest BCUT2D eigenvalue weighted by Gasteiger charge is -2.37. The molecule has 2 saturated heterocycles. The van der Waals surface area contributed by atoms with Crippen LogP contribution >= 0.6 is 0 Å². The molecule has 2 amide bonds. The van der Waals surface area contributed by atoms with Gasteiger partial charge in [0.2, 0.25) is 0 Å². The Hall–Kier alpha value is -0.820. The van der Waals surface area contributed by atoms with Gasteiger partial charge in [-0.3, -0.25) is 0 Å². The summed E-state index contributed by atoms with van der Waals surface area (Å²) in [6.07, 6.45) is 0. The highest BCUT2D eigenvalue weighted by atomic mass is 32.2. The lowest BCUT2D eigenvalue weighted by Crippen LogP contribution is -2.54. The van der Waals surface area contributed by atoms with E-state index >= 15 is 0 Å². The number of hydrogen-bond donors (Lipinski definition) is 0. The number of hydrogen-bond acceptors (Lipinski definition) is 4. The molecule has 0 aromatic rings. The molecule has 2 fully saturated rings. The maximum absolute atomic E-state index is 12.1. The van der Waals surface area contributed by atoms with Crippen molar-refractivity contribution in [2.75, 3.05) is 57.8 Å². The van der Waals surface area contributed by atoms with Crippen molar-refractivity contribution in [3.63, 3.8) is 0 Å². The first-order valence-electron chi connectivity index (χ1n) is 5.91. The molecule has 0 N–H and O–H groups in total. The molecule has 0 aromatic heterocycles. The highest BCUT2D eigenvalue weighted by molar-refractivity contribution is 7.91. The summed E-state index contributed by atoms with van der Waals surface area (Å²) in [6, 6.07) is -0.00648. The van der Waals surface area contributed by atoms with Gasteiger partial charge in [0.25, 0.3) is 0 Å². The average molecular weight is 261 g/mol. The van der Waals surface area contributed by atoms with Gasteiger partial charge in [0.05, 0.1) is 11.5 Å². The quantitative estimate of drug-likeness (QED) is 0.566. The highest BCUT2D eigenvalue weighted by Crippen LogP contribution is 2.09. The van der Waals surface area contributed by atoms with Gasteiger partial charge in [-0.2, -0.15) is 0 Å². The second kappa shape index (κ2) is 4.81. The minimum absolute atomic E-state index is 0.00648. The molecule has 17 heavy (non-hydrogen) atoms. The van der Waals surface area contributed by atoms with Crippen molar-refractivity contribution in [3.05, 3.63) is 0 Å². The Morgan fingerprint density at radius 2 is 1.35 bits per heavy atom. The zero-order valence-corrected chi connectivity index (χ0v) is 10.9. The number of carbonyl (C=O) groups excluding carboxylic acids is 1. The Morgan fingerprint density at radius 3 is 1.88 bits per heavy atom. The number of nitrogens with zero attached hydrogens (tertiary/aromatic N) is 3. The first-order valence-corrected chi connectivity index (χ1v) is 7.73. The minimum Gasteiger partial charge on any atom is -0.323 e. The van der Waals surface area contributed by atoms with Crippen molar-refractivity contribution in [2.24, 2.45) is 0 Å². The fourth-order valence-corrected chi connectivity index (χ4v) is 3.30. The normalized spacial score (nSPS) is 25.9. The smallest absolute Gasteiger partial charge is 0.320 e. The Kier molecular flexibility index (Phi) is 3.58. The summed E-state index contributed by atoms with van der Waals surface area (Å²) >= 11 is 0. The van der Waals surface area contributed by atoms with Crippen molar-refractivity contribution in [1.29, 1.82) is 0 Å². The summed E-state index contributed by atoms with van der Waals surface area (Å²) in [7, 11) is -0.872. The molecule has 2 rings (SSSR count).